The molecule has 0 saturated carbocycles. The van der Waals surface area contributed by atoms with Gasteiger partial charge in [0.1, 0.15) is 0 Å². The van der Waals surface area contributed by atoms with E-state index >= 15 is 0 Å². The maximum absolute atomic E-state index is 10.2. The van der Waals surface area contributed by atoms with Crippen LogP contribution in [0.1, 0.15) is 0 Å². The van der Waals surface area contributed by atoms with Crippen molar-refractivity contribution in [3.05, 3.63) is 44.5 Å². The fourth-order valence-electron chi connectivity index (χ4n) is 0.720. The van der Waals surface area contributed by atoms with Crippen LogP contribution >= 0.6 is 0 Å². The molecule has 80 valence electrons. The molecule has 15 heavy (non-hydrogen) atoms. The number of non-ortho nitro benzene ring substituents is 2. The highest BCUT2D eigenvalue weighted by atomic mass is 32.1. The molecule has 0 aliphatic carbocycles. The lowest BCUT2D eigenvalue weighted by Crippen LogP contribution is -1.91. The Hall–Kier alpha value is -2.16. The summed E-state index contributed by atoms with van der Waals surface area (Å²) < 4.78 is 14.1. The number of nitrogens with zero attached hydrogens (tertiary/aromatic N) is 2. The summed E-state index contributed by atoms with van der Waals surface area (Å²) in [7, 11) is 0. The fraction of sp³-hybridized carbons (Fsp3) is 0. The van der Waals surface area contributed by atoms with E-state index in [1.807, 2.05) is 0 Å². The third-order valence-electron chi connectivity index (χ3n) is 1.25. The molecular weight excluding hydrogens is 226 g/mol. The molecule has 8 nitrogen and oxygen atoms in total. The molecule has 0 radical (unpaired) electrons. The lowest BCUT2D eigenvalue weighted by Gasteiger charge is -1.90. The maximum Gasteiger partial charge on any atom is 0.276 e. The monoisotopic (exact) mass is 231 g/mol. The quantitative estimate of drug-likeness (QED) is 0.608. The van der Waals surface area contributed by atoms with Gasteiger partial charge in [0, 0.05) is 12.1 Å². The summed E-state index contributed by atoms with van der Waals surface area (Å²) in [5.74, 6) is 0. The van der Waals surface area contributed by atoms with Crippen molar-refractivity contribution >= 4 is 22.8 Å². The Morgan fingerprint density at radius 3 is 1.73 bits per heavy atom. The van der Waals surface area contributed by atoms with Gasteiger partial charge in [0.2, 0.25) is 0 Å². The minimum absolute atomic E-state index is 0.250. The van der Waals surface area contributed by atoms with E-state index in [-0.39, 0.29) is 22.8 Å². The van der Waals surface area contributed by atoms with E-state index in [9.17, 15) is 20.2 Å². The van der Waals surface area contributed by atoms with Crippen molar-refractivity contribution in [2.75, 3.05) is 0 Å². The highest BCUT2D eigenvalue weighted by Gasteiger charge is 2.11. The summed E-state index contributed by atoms with van der Waals surface area (Å²) in [5.41, 5.74) is -0.548. The third-order valence-corrected chi connectivity index (χ3v) is 1.25. The number of nitrogens with one attached hydrogen (secondary N) is 1. The Labute approximate surface area is 86.9 Å². The van der Waals surface area contributed by atoms with Gasteiger partial charge in [0.05, 0.1) is 15.9 Å². The van der Waals surface area contributed by atoms with E-state index in [0.717, 1.165) is 6.07 Å². The second-order valence-electron chi connectivity index (χ2n) is 2.12. The number of benzene rings is 1. The van der Waals surface area contributed by atoms with Crippen LogP contribution in [-0.2, 0) is 11.5 Å². The Bertz CT molecular complexity index is 386. The van der Waals surface area contributed by atoms with E-state index < -0.39 is 9.85 Å². The lowest BCUT2D eigenvalue weighted by molar-refractivity contribution is -0.394. The second-order valence-corrected chi connectivity index (χ2v) is 2.28. The minimum Gasteiger partial charge on any atom is -0.258 e. The standard InChI is InChI=1S/C6H4N2O4.HNOS/c9-7(10)5-2-1-3-6(4-5)8(11)12;1-3-2/h1-4H;1H. The van der Waals surface area contributed by atoms with Gasteiger partial charge in [-0.25, -0.2) is 4.78 Å². The van der Waals surface area contributed by atoms with Crippen LogP contribution in [0.25, 0.3) is 0 Å². The first kappa shape index (κ1) is 12.8. The molecule has 0 amide bonds. The Kier molecular flexibility index (Phi) is 5.41. The summed E-state index contributed by atoms with van der Waals surface area (Å²) in [6, 6.07) is 4.59. The molecular formula is C6H5N3O5S. The molecule has 1 aromatic rings. The van der Waals surface area contributed by atoms with Gasteiger partial charge in [0.25, 0.3) is 11.4 Å². The van der Waals surface area contributed by atoms with Gasteiger partial charge in [-0.05, 0) is 6.07 Å². The van der Waals surface area contributed by atoms with Gasteiger partial charge in [-0.15, -0.1) is 0 Å². The van der Waals surface area contributed by atoms with Gasteiger partial charge in [-0.3, -0.25) is 20.2 Å². The number of hydrogen-bond donors (Lipinski definition) is 1. The van der Waals surface area contributed by atoms with Crippen molar-refractivity contribution in [3.63, 3.8) is 0 Å². The van der Waals surface area contributed by atoms with Gasteiger partial charge in [0.15, 0.2) is 11.5 Å². The topological polar surface area (TPSA) is 127 Å². The summed E-state index contributed by atoms with van der Waals surface area (Å²) in [6.45, 7) is 0. The summed E-state index contributed by atoms with van der Waals surface area (Å²) in [6.07, 6.45) is 0. The molecule has 0 saturated heterocycles. The molecule has 0 aliphatic heterocycles. The molecule has 0 fully saturated rings. The average Bonchev–Trinajstić information content (AvgIpc) is 2.19. The molecule has 0 aliphatic rings. The van der Waals surface area contributed by atoms with Crippen LogP contribution in [-0.4, -0.2) is 14.1 Å². The van der Waals surface area contributed by atoms with E-state index in [4.69, 9.17) is 8.99 Å². The normalized spacial score (nSPS) is 8.27. The van der Waals surface area contributed by atoms with Crippen molar-refractivity contribution < 1.29 is 14.1 Å². The van der Waals surface area contributed by atoms with Crippen molar-refractivity contribution in [2.24, 2.45) is 0 Å². The highest BCUT2D eigenvalue weighted by molar-refractivity contribution is 7.53. The van der Waals surface area contributed by atoms with Crippen LogP contribution in [0.3, 0.4) is 0 Å². The predicted molar refractivity (Wildman–Crippen MR) is 50.6 cm³/mol. The first-order valence-corrected chi connectivity index (χ1v) is 4.11. The van der Waals surface area contributed by atoms with Crippen molar-refractivity contribution in [3.8, 4) is 0 Å². The second kappa shape index (κ2) is 6.32. The zero-order valence-corrected chi connectivity index (χ0v) is 7.97. The molecule has 1 rings (SSSR count). The maximum atomic E-state index is 10.2. The molecule has 1 N–H and O–H groups in total. The van der Waals surface area contributed by atoms with E-state index in [1.165, 1.54) is 18.2 Å². The van der Waals surface area contributed by atoms with Gasteiger partial charge < -0.3 is 0 Å². The Morgan fingerprint density at radius 2 is 1.47 bits per heavy atom. The Balaban J connectivity index is 0.000000583. The van der Waals surface area contributed by atoms with Crippen LogP contribution in [0.5, 0.6) is 0 Å². The zero-order chi connectivity index (χ0) is 11.8. The number of nitro benzene ring substituents is 2. The van der Waals surface area contributed by atoms with Crippen molar-refractivity contribution in [1.29, 1.82) is 4.78 Å². The summed E-state index contributed by atoms with van der Waals surface area (Å²) >= 11 is -0.250. The van der Waals surface area contributed by atoms with E-state index in [0.29, 0.717) is 0 Å². The van der Waals surface area contributed by atoms with Crippen LogP contribution in [0.2, 0.25) is 0 Å². The van der Waals surface area contributed by atoms with Crippen LogP contribution < -0.4 is 0 Å². The molecule has 9 heteroatoms. The number of rotatable bonds is 2. The molecule has 0 atom stereocenters. The van der Waals surface area contributed by atoms with Crippen LogP contribution in [0, 0.1) is 25.0 Å². The average molecular weight is 231 g/mol. The zero-order valence-electron chi connectivity index (χ0n) is 7.15. The van der Waals surface area contributed by atoms with Crippen LogP contribution in [0.4, 0.5) is 11.4 Å². The smallest absolute Gasteiger partial charge is 0.258 e. The first-order valence-electron chi connectivity index (χ1n) is 3.37. The van der Waals surface area contributed by atoms with Gasteiger partial charge in [-0.1, -0.05) is 0 Å². The van der Waals surface area contributed by atoms with Crippen molar-refractivity contribution in [1.82, 2.24) is 0 Å². The van der Waals surface area contributed by atoms with Gasteiger partial charge in [-0.2, -0.15) is 4.21 Å². The third kappa shape index (κ3) is 4.57. The predicted octanol–water partition coefficient (Wildman–Crippen LogP) is 1.46. The molecule has 0 unspecified atom stereocenters. The van der Waals surface area contributed by atoms with Crippen LogP contribution in [0.15, 0.2) is 24.3 Å². The van der Waals surface area contributed by atoms with Crippen molar-refractivity contribution in [2.45, 2.75) is 0 Å². The van der Waals surface area contributed by atoms with Gasteiger partial charge >= 0.3 is 0 Å². The summed E-state index contributed by atoms with van der Waals surface area (Å²) in [5, 5.41) is 20.3. The number of hydrogen-bond acceptors (Lipinski definition) is 6. The molecule has 1 aromatic carbocycles. The fourth-order valence-corrected chi connectivity index (χ4v) is 0.720. The van der Waals surface area contributed by atoms with E-state index in [2.05, 4.69) is 0 Å². The molecule has 0 bridgehead atoms. The number of nitro groups is 2. The first-order chi connectivity index (χ1) is 7.02. The summed E-state index contributed by atoms with van der Waals surface area (Å²) in [4.78, 5) is 19.0. The Morgan fingerprint density at radius 1 is 1.13 bits per heavy atom. The highest BCUT2D eigenvalue weighted by Crippen LogP contribution is 2.18. The molecule has 0 aromatic heterocycles. The van der Waals surface area contributed by atoms with E-state index in [1.54, 1.807) is 0 Å². The lowest BCUT2D eigenvalue weighted by atomic mass is 10.3. The molecule has 0 heterocycles. The largest absolute Gasteiger partial charge is 0.276 e. The minimum atomic E-state index is -0.674. The molecule has 0 spiro atoms. The SMILES string of the molecule is N=S=O.O=[N+]([O-])c1cccc([N+](=O)[O-])c1.